The van der Waals surface area contributed by atoms with Gasteiger partial charge in [-0.2, -0.15) is 0 Å². The highest BCUT2D eigenvalue weighted by Gasteiger charge is 2.28. The van der Waals surface area contributed by atoms with Gasteiger partial charge in [-0.05, 0) is 38.6 Å². The largest absolute Gasteiger partial charge is 0.465 e. The van der Waals surface area contributed by atoms with Crippen LogP contribution in [0.25, 0.3) is 0 Å². The third-order valence-corrected chi connectivity index (χ3v) is 2.84. The lowest BCUT2D eigenvalue weighted by Gasteiger charge is -2.32. The van der Waals surface area contributed by atoms with Gasteiger partial charge in [-0.3, -0.25) is 4.79 Å². The molecule has 0 aromatic heterocycles. The summed E-state index contributed by atoms with van der Waals surface area (Å²) in [5.41, 5.74) is 0. The van der Waals surface area contributed by atoms with Crippen molar-refractivity contribution in [1.82, 2.24) is 5.32 Å². The Labute approximate surface area is 91.0 Å². The molecular weight excluding hydrogens is 194 g/mol. The number of ether oxygens (including phenoxy) is 1. The topological polar surface area (TPSA) is 58.6 Å². The molecule has 0 saturated heterocycles. The molecular formula is C11H21NO3. The van der Waals surface area contributed by atoms with E-state index in [1.165, 1.54) is 0 Å². The Morgan fingerprint density at radius 1 is 1.53 bits per heavy atom. The molecule has 0 spiro atoms. The maximum Gasteiger partial charge on any atom is 0.323 e. The summed E-state index contributed by atoms with van der Waals surface area (Å²) in [7, 11) is 0. The van der Waals surface area contributed by atoms with Gasteiger partial charge in [-0.25, -0.2) is 0 Å². The van der Waals surface area contributed by atoms with Crippen LogP contribution >= 0.6 is 0 Å². The molecule has 2 N–H and O–H groups in total. The molecule has 1 atom stereocenters. The molecule has 1 saturated carbocycles. The van der Waals surface area contributed by atoms with Gasteiger partial charge in [0.15, 0.2) is 0 Å². The van der Waals surface area contributed by atoms with Crippen LogP contribution in [0.4, 0.5) is 0 Å². The number of hydrogen-bond donors (Lipinski definition) is 2. The van der Waals surface area contributed by atoms with Gasteiger partial charge in [-0.15, -0.1) is 0 Å². The summed E-state index contributed by atoms with van der Waals surface area (Å²) in [5, 5.41) is 12.3. The van der Waals surface area contributed by atoms with Crippen molar-refractivity contribution in [2.75, 3.05) is 13.2 Å². The number of carbonyl (C=O) groups excluding carboxylic acids is 1. The van der Waals surface area contributed by atoms with Gasteiger partial charge in [0.2, 0.25) is 0 Å². The van der Waals surface area contributed by atoms with Crippen LogP contribution in [0.5, 0.6) is 0 Å². The summed E-state index contributed by atoms with van der Waals surface area (Å²) >= 11 is 0. The van der Waals surface area contributed by atoms with E-state index < -0.39 is 0 Å². The molecule has 0 aromatic carbocycles. The van der Waals surface area contributed by atoms with E-state index >= 15 is 0 Å². The number of aliphatic hydroxyl groups is 1. The number of nitrogens with one attached hydrogen (secondary N) is 1. The minimum absolute atomic E-state index is 0.125. The maximum absolute atomic E-state index is 11.4. The van der Waals surface area contributed by atoms with Crippen LogP contribution in [0.15, 0.2) is 0 Å². The molecule has 0 aliphatic heterocycles. The highest BCUT2D eigenvalue weighted by atomic mass is 16.5. The van der Waals surface area contributed by atoms with Gasteiger partial charge < -0.3 is 15.2 Å². The third-order valence-electron chi connectivity index (χ3n) is 2.84. The average molecular weight is 215 g/mol. The molecule has 0 bridgehead atoms. The summed E-state index contributed by atoms with van der Waals surface area (Å²) in [6, 6.07) is -0.192. The van der Waals surface area contributed by atoms with Gasteiger partial charge in [0, 0.05) is 0 Å². The van der Waals surface area contributed by atoms with Crippen molar-refractivity contribution in [3.8, 4) is 0 Å². The normalized spacial score (nSPS) is 26.9. The van der Waals surface area contributed by atoms with Gasteiger partial charge in [0.25, 0.3) is 0 Å². The van der Waals surface area contributed by atoms with Gasteiger partial charge in [0.1, 0.15) is 6.04 Å². The van der Waals surface area contributed by atoms with E-state index in [4.69, 9.17) is 9.84 Å². The van der Waals surface area contributed by atoms with E-state index in [0.717, 1.165) is 25.8 Å². The van der Waals surface area contributed by atoms with Gasteiger partial charge in [-0.1, -0.05) is 6.92 Å². The zero-order valence-electron chi connectivity index (χ0n) is 9.53. The molecule has 1 fully saturated rings. The van der Waals surface area contributed by atoms with Crippen LogP contribution < -0.4 is 5.32 Å². The van der Waals surface area contributed by atoms with Gasteiger partial charge >= 0.3 is 5.97 Å². The fraction of sp³-hybridized carbons (Fsp3) is 0.909. The molecule has 0 aromatic rings. The molecule has 88 valence electrons. The lowest BCUT2D eigenvalue weighted by molar-refractivity contribution is -0.145. The van der Waals surface area contributed by atoms with E-state index in [2.05, 4.69) is 5.32 Å². The molecule has 15 heavy (non-hydrogen) atoms. The Bertz CT molecular complexity index is 202. The fourth-order valence-electron chi connectivity index (χ4n) is 1.81. The Kier molecular flexibility index (Phi) is 5.05. The molecule has 1 rings (SSSR count). The van der Waals surface area contributed by atoms with Crippen molar-refractivity contribution in [3.63, 3.8) is 0 Å². The van der Waals surface area contributed by atoms with Gasteiger partial charge in [0.05, 0.1) is 12.7 Å². The second-order valence-corrected chi connectivity index (χ2v) is 4.11. The van der Waals surface area contributed by atoms with Crippen molar-refractivity contribution >= 4 is 5.97 Å². The van der Waals surface area contributed by atoms with Crippen molar-refractivity contribution in [1.29, 1.82) is 0 Å². The molecule has 1 aliphatic rings. The third kappa shape index (κ3) is 3.80. The molecule has 0 radical (unpaired) electrons. The summed E-state index contributed by atoms with van der Waals surface area (Å²) in [4.78, 5) is 11.4. The zero-order valence-corrected chi connectivity index (χ0v) is 9.53. The van der Waals surface area contributed by atoms with E-state index in [-0.39, 0.29) is 18.1 Å². The Hall–Kier alpha value is -0.610. The van der Waals surface area contributed by atoms with Crippen molar-refractivity contribution in [3.05, 3.63) is 0 Å². The Morgan fingerprint density at radius 2 is 2.20 bits per heavy atom. The zero-order chi connectivity index (χ0) is 11.3. The quantitative estimate of drug-likeness (QED) is 0.640. The summed E-state index contributed by atoms with van der Waals surface area (Å²) in [5.74, 6) is 0.350. The second-order valence-electron chi connectivity index (χ2n) is 4.11. The number of rotatable bonds is 6. The van der Waals surface area contributed by atoms with Crippen LogP contribution in [0, 0.1) is 5.92 Å². The molecule has 1 unspecified atom stereocenters. The summed E-state index contributed by atoms with van der Waals surface area (Å²) in [6.07, 6.45) is 2.33. The summed E-state index contributed by atoms with van der Waals surface area (Å²) in [6.45, 7) is 5.00. The van der Waals surface area contributed by atoms with E-state index in [1.807, 2.05) is 13.8 Å². The average Bonchev–Trinajstić information content (AvgIpc) is 2.16. The first-order valence-corrected chi connectivity index (χ1v) is 5.75. The lowest BCUT2D eigenvalue weighted by Crippen LogP contribution is -2.43. The molecule has 4 nitrogen and oxygen atoms in total. The van der Waals surface area contributed by atoms with E-state index in [9.17, 15) is 4.79 Å². The maximum atomic E-state index is 11.4. The fourth-order valence-corrected chi connectivity index (χ4v) is 1.81. The lowest BCUT2D eigenvalue weighted by atomic mass is 9.82. The van der Waals surface area contributed by atoms with Crippen LogP contribution in [-0.2, 0) is 9.53 Å². The number of esters is 1. The smallest absolute Gasteiger partial charge is 0.323 e. The first kappa shape index (κ1) is 12.5. The van der Waals surface area contributed by atoms with Crippen molar-refractivity contribution in [2.45, 2.75) is 45.3 Å². The van der Waals surface area contributed by atoms with E-state index in [0.29, 0.717) is 12.5 Å². The highest BCUT2D eigenvalue weighted by molar-refractivity contribution is 5.75. The second kappa shape index (κ2) is 6.08. The van der Waals surface area contributed by atoms with Crippen LogP contribution in [0.1, 0.15) is 33.1 Å². The van der Waals surface area contributed by atoms with Crippen LogP contribution in [-0.4, -0.2) is 36.4 Å². The first-order chi connectivity index (χ1) is 7.17. The van der Waals surface area contributed by atoms with Crippen LogP contribution in [0.3, 0.4) is 0 Å². The number of carbonyl (C=O) groups is 1. The SMILES string of the molecule is CCOC(=O)C(CC)NCC1CC(O)C1. The molecule has 1 aliphatic carbocycles. The first-order valence-electron chi connectivity index (χ1n) is 5.75. The molecule has 0 amide bonds. The minimum Gasteiger partial charge on any atom is -0.465 e. The summed E-state index contributed by atoms with van der Waals surface area (Å²) < 4.78 is 4.95. The van der Waals surface area contributed by atoms with Crippen molar-refractivity contribution < 1.29 is 14.6 Å². The Morgan fingerprint density at radius 3 is 2.67 bits per heavy atom. The standard InChI is InChI=1S/C11H21NO3/c1-3-10(11(14)15-4-2)12-7-8-5-9(13)6-8/h8-10,12-13H,3-7H2,1-2H3. The van der Waals surface area contributed by atoms with E-state index in [1.54, 1.807) is 0 Å². The predicted molar refractivity (Wildman–Crippen MR) is 57.4 cm³/mol. The monoisotopic (exact) mass is 215 g/mol. The minimum atomic E-state index is -0.192. The van der Waals surface area contributed by atoms with Crippen LogP contribution in [0.2, 0.25) is 0 Å². The number of aliphatic hydroxyl groups excluding tert-OH is 1. The molecule has 4 heteroatoms. The number of hydrogen-bond acceptors (Lipinski definition) is 4. The van der Waals surface area contributed by atoms with Crippen molar-refractivity contribution in [2.24, 2.45) is 5.92 Å². The predicted octanol–water partition coefficient (Wildman–Crippen LogP) is 0.689. The highest BCUT2D eigenvalue weighted by Crippen LogP contribution is 2.26. The molecule has 0 heterocycles. The Balaban J connectivity index is 2.18.